The van der Waals surface area contributed by atoms with E-state index in [0.29, 0.717) is 11.3 Å². The van der Waals surface area contributed by atoms with Crippen LogP contribution < -0.4 is 0 Å². The summed E-state index contributed by atoms with van der Waals surface area (Å²) >= 11 is 0. The molecule has 0 aliphatic carbocycles. The highest BCUT2D eigenvalue weighted by Gasteiger charge is 2.17. The monoisotopic (exact) mass is 795 g/mol. The van der Waals surface area contributed by atoms with E-state index in [2.05, 4.69) is 108 Å². The minimum absolute atomic E-state index is 0.0838. The van der Waals surface area contributed by atoms with Gasteiger partial charge in [-0.1, -0.05) is 176 Å². The van der Waals surface area contributed by atoms with Crippen LogP contribution in [0.1, 0.15) is 9.60 Å². The number of nitrogens with zero attached hydrogens (tertiary/aromatic N) is 2. The first kappa shape index (κ1) is 29.1. The first-order valence-corrected chi connectivity index (χ1v) is 20.8. The smallest absolute Gasteiger partial charge is 0.0645 e. The molecule has 0 amide bonds. The molecule has 0 bridgehead atoms. The molecule has 0 N–H and O–H groups in total. The first-order valence-electron chi connectivity index (χ1n) is 24.3. The van der Waals surface area contributed by atoms with Crippen LogP contribution in [-0.4, -0.2) is 9.13 Å². The van der Waals surface area contributed by atoms with Crippen molar-refractivity contribution in [2.75, 3.05) is 0 Å². The molecule has 62 heavy (non-hydrogen) atoms. The maximum absolute atomic E-state index is 9.96. The predicted molar refractivity (Wildman–Crippen MR) is 262 cm³/mol. The van der Waals surface area contributed by atoms with Gasteiger partial charge in [-0.2, -0.15) is 0 Å². The number of rotatable bonds is 7. The third kappa shape index (κ3) is 6.12. The van der Waals surface area contributed by atoms with Gasteiger partial charge in [0.15, 0.2) is 0 Å². The predicted octanol–water partition coefficient (Wildman–Crippen LogP) is 16.2. The van der Waals surface area contributed by atoms with Crippen LogP contribution in [0.15, 0.2) is 242 Å². The molecule has 0 radical (unpaired) electrons. The van der Waals surface area contributed by atoms with Gasteiger partial charge in [-0.05, 0) is 122 Å². The van der Waals surface area contributed by atoms with E-state index >= 15 is 0 Å². The van der Waals surface area contributed by atoms with Crippen molar-refractivity contribution in [3.8, 4) is 67.0 Å². The molecule has 12 rings (SSSR count). The fraction of sp³-hybridized carbons (Fsp3) is 0. The van der Waals surface area contributed by atoms with E-state index in [1.54, 1.807) is 4.57 Å². The van der Waals surface area contributed by atoms with E-state index in [1.165, 1.54) is 0 Å². The third-order valence-corrected chi connectivity index (χ3v) is 12.0. The topological polar surface area (TPSA) is 9.86 Å². The molecule has 0 aliphatic rings. The van der Waals surface area contributed by atoms with Gasteiger partial charge in [-0.3, -0.25) is 0 Å². The van der Waals surface area contributed by atoms with Gasteiger partial charge in [0.2, 0.25) is 0 Å². The highest BCUT2D eigenvalue weighted by atomic mass is 15.0. The molecule has 0 unspecified atom stereocenters. The molecule has 2 heteroatoms. The maximum atomic E-state index is 9.96. The van der Waals surface area contributed by atoms with Crippen molar-refractivity contribution in [2.45, 2.75) is 0 Å². The van der Waals surface area contributed by atoms with Crippen LogP contribution in [0.4, 0.5) is 0 Å². The average molecular weight is 796 g/mol. The molecule has 0 fully saturated rings. The lowest BCUT2D eigenvalue weighted by atomic mass is 9.99. The van der Waals surface area contributed by atoms with Crippen LogP contribution in [0.5, 0.6) is 0 Å². The number of benzene rings is 10. The van der Waals surface area contributed by atoms with Crippen LogP contribution >= 0.6 is 0 Å². The lowest BCUT2D eigenvalue weighted by Crippen LogP contribution is -1.94. The number of para-hydroxylation sites is 1. The van der Waals surface area contributed by atoms with Crippen molar-refractivity contribution in [3.05, 3.63) is 242 Å². The normalized spacial score (nSPS) is 13.1. The van der Waals surface area contributed by atoms with Gasteiger partial charge in [-0.15, -0.1) is 0 Å². The summed E-state index contributed by atoms with van der Waals surface area (Å²) < 4.78 is 69.2. The minimum Gasteiger partial charge on any atom is -0.309 e. The molecule has 2 heterocycles. The largest absolute Gasteiger partial charge is 0.309 e. The van der Waals surface area contributed by atoms with Crippen molar-refractivity contribution in [1.29, 1.82) is 0 Å². The van der Waals surface area contributed by atoms with Gasteiger partial charge in [0.05, 0.1) is 31.7 Å². The average Bonchev–Trinajstić information content (AvgIpc) is 3.94. The van der Waals surface area contributed by atoms with Crippen molar-refractivity contribution >= 4 is 43.6 Å². The van der Waals surface area contributed by atoms with E-state index in [9.17, 15) is 6.85 Å². The Morgan fingerprint density at radius 2 is 0.629 bits per heavy atom. The molecule has 0 saturated heterocycles. The molecule has 12 aromatic rings. The van der Waals surface area contributed by atoms with Gasteiger partial charge >= 0.3 is 0 Å². The summed E-state index contributed by atoms with van der Waals surface area (Å²) in [6.07, 6.45) is 0. The molecule has 10 aromatic carbocycles. The van der Waals surface area contributed by atoms with Gasteiger partial charge in [0.25, 0.3) is 0 Å². The number of aromatic nitrogens is 2. The fourth-order valence-corrected chi connectivity index (χ4v) is 8.91. The number of hydrogen-bond acceptors (Lipinski definition) is 0. The molecule has 2 nitrogen and oxygen atoms in total. The van der Waals surface area contributed by atoms with E-state index in [0.717, 1.165) is 72.0 Å². The Bertz CT molecular complexity index is 3980. The summed E-state index contributed by atoms with van der Waals surface area (Å²) in [4.78, 5) is 0. The summed E-state index contributed by atoms with van der Waals surface area (Å²) in [7, 11) is 0. The minimum atomic E-state index is -0.427. The van der Waals surface area contributed by atoms with Crippen LogP contribution in [0.3, 0.4) is 0 Å². The molecule has 0 saturated carbocycles. The summed E-state index contributed by atoms with van der Waals surface area (Å²) in [5, 5.41) is 2.21. The van der Waals surface area contributed by atoms with E-state index < -0.39 is 12.1 Å². The molecule has 0 aliphatic heterocycles. The van der Waals surface area contributed by atoms with Crippen LogP contribution in [-0.2, 0) is 0 Å². The Morgan fingerprint density at radius 1 is 0.258 bits per heavy atom. The second-order valence-corrected chi connectivity index (χ2v) is 15.6. The Morgan fingerprint density at radius 3 is 1.13 bits per heavy atom. The van der Waals surface area contributed by atoms with E-state index in [-0.39, 0.29) is 57.6 Å². The summed E-state index contributed by atoms with van der Waals surface area (Å²) in [5.41, 5.74) is 13.0. The quantitative estimate of drug-likeness (QED) is 0.152. The van der Waals surface area contributed by atoms with Gasteiger partial charge in [-0.25, -0.2) is 0 Å². The second kappa shape index (κ2) is 14.8. The SMILES string of the molecule is [2H]c1c([2H])c([2H])c2c(c1[2H])c1c([2H])c(-c3ccc4c(c3)c3cc(-c5ccccc5)ccc3n4-c3ccc(-c4ccccc4)cc3)c([2H])c([2H])c1n2-c1ccc(-c2ccc(-c3ccccc3)cc2)cc1. The van der Waals surface area contributed by atoms with Crippen LogP contribution in [0, 0.1) is 0 Å². The Hall–Kier alpha value is -8.20. The highest BCUT2D eigenvalue weighted by molar-refractivity contribution is 6.13. The molecular formula is C60H40N2. The van der Waals surface area contributed by atoms with E-state index in [4.69, 9.17) is 2.74 Å². The Balaban J connectivity index is 1.04. The highest BCUT2D eigenvalue weighted by Crippen LogP contribution is 2.40. The molecule has 290 valence electrons. The third-order valence-electron chi connectivity index (χ3n) is 12.0. The van der Waals surface area contributed by atoms with Gasteiger partial charge in [0.1, 0.15) is 0 Å². The van der Waals surface area contributed by atoms with Crippen LogP contribution in [0.25, 0.3) is 111 Å². The number of hydrogen-bond donors (Lipinski definition) is 0. The molecule has 0 atom stereocenters. The fourth-order valence-electron chi connectivity index (χ4n) is 8.91. The van der Waals surface area contributed by atoms with Gasteiger partial charge < -0.3 is 9.13 Å². The number of fused-ring (bicyclic) bond motifs is 6. The van der Waals surface area contributed by atoms with Crippen molar-refractivity contribution in [3.63, 3.8) is 0 Å². The van der Waals surface area contributed by atoms with Gasteiger partial charge in [0, 0.05) is 32.9 Å². The van der Waals surface area contributed by atoms with E-state index in [1.807, 2.05) is 97.1 Å². The Labute approximate surface area is 370 Å². The zero-order chi connectivity index (χ0) is 47.1. The lowest BCUT2D eigenvalue weighted by Gasteiger charge is -2.11. The van der Waals surface area contributed by atoms with Crippen molar-refractivity contribution < 1.29 is 9.60 Å². The van der Waals surface area contributed by atoms with Crippen LogP contribution in [0.2, 0.25) is 0 Å². The molecule has 2 aromatic heterocycles. The molecular weight excluding hydrogens is 749 g/mol. The standard InChI is InChI=1S/C60H40N2/c1-4-12-41(13-5-1)44-20-22-45(23-21-44)47-26-33-51(34-27-47)61-57-19-11-10-18-53(57)54-39-49(29-36-58(54)61)50-30-37-60-56(40-50)55-38-48(43-16-8-3-9-17-43)28-35-59(55)62(60)52-31-24-46(25-32-52)42-14-6-2-7-15-42/h1-40H/i10D,11D,18D,19D,29D,36D,39D. The lowest BCUT2D eigenvalue weighted by molar-refractivity contribution is 1.18. The maximum Gasteiger partial charge on any atom is 0.0645 e. The van der Waals surface area contributed by atoms with Crippen molar-refractivity contribution in [1.82, 2.24) is 9.13 Å². The zero-order valence-electron chi connectivity index (χ0n) is 40.4. The second-order valence-electron chi connectivity index (χ2n) is 15.6. The summed E-state index contributed by atoms with van der Waals surface area (Å²) in [5.74, 6) is 0. The first-order chi connectivity index (χ1) is 33.7. The zero-order valence-corrected chi connectivity index (χ0v) is 33.4. The van der Waals surface area contributed by atoms with Crippen molar-refractivity contribution in [2.24, 2.45) is 0 Å². The summed E-state index contributed by atoms with van der Waals surface area (Å²) in [6.45, 7) is 0. The Kier molecular flexibility index (Phi) is 6.95. The summed E-state index contributed by atoms with van der Waals surface area (Å²) in [6, 6.07) is 65.6. The molecule has 0 spiro atoms.